The van der Waals surface area contributed by atoms with Crippen molar-refractivity contribution in [3.8, 4) is 0 Å². The molecule has 3 aromatic rings. The Morgan fingerprint density at radius 2 is 2.22 bits per heavy atom. The van der Waals surface area contributed by atoms with Crippen molar-refractivity contribution in [2.45, 2.75) is 19.5 Å². The van der Waals surface area contributed by atoms with E-state index in [1.54, 1.807) is 17.1 Å². The monoisotopic (exact) mass is 381 g/mol. The van der Waals surface area contributed by atoms with E-state index in [2.05, 4.69) is 15.4 Å². The summed E-state index contributed by atoms with van der Waals surface area (Å²) >= 11 is 1.38. The molecule has 27 heavy (non-hydrogen) atoms. The highest BCUT2D eigenvalue weighted by Crippen LogP contribution is 2.22. The van der Waals surface area contributed by atoms with E-state index < -0.39 is 0 Å². The molecule has 1 aliphatic heterocycles. The fourth-order valence-corrected chi connectivity index (χ4v) is 3.81. The van der Waals surface area contributed by atoms with Crippen LogP contribution >= 0.6 is 11.3 Å². The number of rotatable bonds is 4. The smallest absolute Gasteiger partial charge is 0.270 e. The van der Waals surface area contributed by atoms with Gasteiger partial charge in [0.05, 0.1) is 23.8 Å². The zero-order valence-electron chi connectivity index (χ0n) is 14.8. The molecule has 4 rings (SSSR count). The highest BCUT2D eigenvalue weighted by atomic mass is 32.1. The van der Waals surface area contributed by atoms with Crippen molar-refractivity contribution in [1.29, 1.82) is 0 Å². The number of amides is 2. The number of fused-ring (bicyclic) bond motifs is 1. The second kappa shape index (κ2) is 7.32. The standard InChI is InChI=1S/C19H19N5O2S/c1-13-3-2-4-14(7-13)19(26)23-9-15-5-6-22-24(15)16(10-23)8-20-18(25)17-11-27-12-21-17/h2-7,11-12,16H,8-10H2,1H3,(H,20,25). The Hall–Kier alpha value is -3.00. The van der Waals surface area contributed by atoms with Crippen molar-refractivity contribution in [2.75, 3.05) is 13.1 Å². The van der Waals surface area contributed by atoms with E-state index in [0.29, 0.717) is 30.9 Å². The first-order valence-electron chi connectivity index (χ1n) is 8.66. The van der Waals surface area contributed by atoms with Gasteiger partial charge in [-0.2, -0.15) is 5.10 Å². The molecule has 3 heterocycles. The summed E-state index contributed by atoms with van der Waals surface area (Å²) in [5.74, 6) is -0.228. The molecule has 0 spiro atoms. The second-order valence-corrected chi connectivity index (χ2v) is 7.28. The Kier molecular flexibility index (Phi) is 4.72. The summed E-state index contributed by atoms with van der Waals surface area (Å²) in [6, 6.07) is 9.37. The average molecular weight is 381 g/mol. The number of nitrogens with zero attached hydrogens (tertiary/aromatic N) is 4. The maximum absolute atomic E-state index is 13.0. The predicted octanol–water partition coefficient (Wildman–Crippen LogP) is 2.28. The summed E-state index contributed by atoms with van der Waals surface area (Å²) in [6.45, 7) is 3.34. The molecule has 7 nitrogen and oxygen atoms in total. The lowest BCUT2D eigenvalue weighted by atomic mass is 10.1. The molecule has 0 saturated carbocycles. The summed E-state index contributed by atoms with van der Waals surface area (Å²) in [5.41, 5.74) is 4.71. The Bertz CT molecular complexity index is 966. The molecule has 0 aliphatic carbocycles. The zero-order chi connectivity index (χ0) is 18.8. The lowest BCUT2D eigenvalue weighted by molar-refractivity contribution is 0.0666. The fraction of sp³-hybridized carbons (Fsp3) is 0.263. The molecule has 138 valence electrons. The Morgan fingerprint density at radius 1 is 1.33 bits per heavy atom. The largest absolute Gasteiger partial charge is 0.348 e. The third kappa shape index (κ3) is 3.61. The summed E-state index contributed by atoms with van der Waals surface area (Å²) in [5, 5.41) is 8.99. The molecule has 0 fully saturated rings. The number of benzene rings is 1. The van der Waals surface area contributed by atoms with E-state index >= 15 is 0 Å². The van der Waals surface area contributed by atoms with Gasteiger partial charge in [-0.05, 0) is 25.1 Å². The van der Waals surface area contributed by atoms with Crippen LogP contribution in [-0.2, 0) is 6.54 Å². The lowest BCUT2D eigenvalue weighted by Gasteiger charge is -2.34. The normalized spacial score (nSPS) is 16.0. The number of nitrogens with one attached hydrogen (secondary N) is 1. The van der Waals surface area contributed by atoms with Crippen LogP contribution in [0.2, 0.25) is 0 Å². The van der Waals surface area contributed by atoms with Crippen molar-refractivity contribution in [3.63, 3.8) is 0 Å². The van der Waals surface area contributed by atoms with Gasteiger partial charge in [-0.25, -0.2) is 4.98 Å². The highest BCUT2D eigenvalue weighted by Gasteiger charge is 2.29. The van der Waals surface area contributed by atoms with Crippen molar-refractivity contribution in [2.24, 2.45) is 0 Å². The quantitative estimate of drug-likeness (QED) is 0.752. The van der Waals surface area contributed by atoms with E-state index in [4.69, 9.17) is 0 Å². The third-order valence-electron chi connectivity index (χ3n) is 4.60. The molecular weight excluding hydrogens is 362 g/mol. The number of carbonyl (C=O) groups excluding carboxylic acids is 2. The van der Waals surface area contributed by atoms with Crippen molar-refractivity contribution < 1.29 is 9.59 Å². The first-order chi connectivity index (χ1) is 13.1. The van der Waals surface area contributed by atoms with E-state index in [0.717, 1.165) is 11.3 Å². The Labute approximate surface area is 160 Å². The number of thiazole rings is 1. The summed E-state index contributed by atoms with van der Waals surface area (Å²) < 4.78 is 1.89. The van der Waals surface area contributed by atoms with Gasteiger partial charge in [0.25, 0.3) is 11.8 Å². The number of hydrogen-bond acceptors (Lipinski definition) is 5. The van der Waals surface area contributed by atoms with Gasteiger partial charge in [-0.1, -0.05) is 17.7 Å². The van der Waals surface area contributed by atoms with E-state index in [9.17, 15) is 9.59 Å². The molecule has 8 heteroatoms. The second-order valence-electron chi connectivity index (χ2n) is 6.56. The lowest BCUT2D eigenvalue weighted by Crippen LogP contribution is -2.45. The van der Waals surface area contributed by atoms with Gasteiger partial charge < -0.3 is 10.2 Å². The molecule has 0 saturated heterocycles. The Morgan fingerprint density at radius 3 is 3.00 bits per heavy atom. The van der Waals surface area contributed by atoms with Crippen LogP contribution in [-0.4, -0.2) is 44.6 Å². The van der Waals surface area contributed by atoms with Crippen molar-refractivity contribution in [1.82, 2.24) is 25.0 Å². The predicted molar refractivity (Wildman–Crippen MR) is 102 cm³/mol. The van der Waals surface area contributed by atoms with Gasteiger partial charge in [0, 0.05) is 30.2 Å². The number of aromatic nitrogens is 3. The van der Waals surface area contributed by atoms with Crippen LogP contribution in [0.1, 0.15) is 38.1 Å². The highest BCUT2D eigenvalue weighted by molar-refractivity contribution is 7.07. The maximum Gasteiger partial charge on any atom is 0.270 e. The first-order valence-corrected chi connectivity index (χ1v) is 9.61. The zero-order valence-corrected chi connectivity index (χ0v) is 15.6. The number of aryl methyl sites for hydroxylation is 1. The van der Waals surface area contributed by atoms with Crippen LogP contribution in [0.25, 0.3) is 0 Å². The average Bonchev–Trinajstić information content (AvgIpc) is 3.36. The maximum atomic E-state index is 13.0. The van der Waals surface area contributed by atoms with Gasteiger partial charge in [-0.15, -0.1) is 11.3 Å². The van der Waals surface area contributed by atoms with Crippen molar-refractivity contribution in [3.05, 3.63) is 69.9 Å². The van der Waals surface area contributed by atoms with Crippen LogP contribution in [0.15, 0.2) is 47.4 Å². The fourth-order valence-electron chi connectivity index (χ4n) is 3.28. The van der Waals surface area contributed by atoms with Crippen LogP contribution in [0.5, 0.6) is 0 Å². The van der Waals surface area contributed by atoms with Gasteiger partial charge in [0.2, 0.25) is 0 Å². The van der Waals surface area contributed by atoms with Crippen LogP contribution in [0.3, 0.4) is 0 Å². The SMILES string of the molecule is Cc1cccc(C(=O)N2Cc3ccnn3C(CNC(=O)c3cscn3)C2)c1. The summed E-state index contributed by atoms with van der Waals surface area (Å²) in [6.07, 6.45) is 1.73. The number of hydrogen-bond donors (Lipinski definition) is 1. The molecular formula is C19H19N5O2S. The van der Waals surface area contributed by atoms with Gasteiger partial charge in [0.15, 0.2) is 0 Å². The molecule has 0 radical (unpaired) electrons. The first kappa shape index (κ1) is 17.4. The minimum absolute atomic E-state index is 0.0121. The minimum atomic E-state index is -0.216. The van der Waals surface area contributed by atoms with Crippen molar-refractivity contribution >= 4 is 23.2 Å². The number of carbonyl (C=O) groups is 2. The van der Waals surface area contributed by atoms with Crippen LogP contribution in [0, 0.1) is 6.92 Å². The van der Waals surface area contributed by atoms with Crippen LogP contribution in [0.4, 0.5) is 0 Å². The molecule has 2 amide bonds. The summed E-state index contributed by atoms with van der Waals surface area (Å²) in [4.78, 5) is 31.0. The van der Waals surface area contributed by atoms with Gasteiger partial charge in [-0.3, -0.25) is 14.3 Å². The summed E-state index contributed by atoms with van der Waals surface area (Å²) in [7, 11) is 0. The molecule has 1 atom stereocenters. The molecule has 1 aromatic carbocycles. The molecule has 1 N–H and O–H groups in total. The third-order valence-corrected chi connectivity index (χ3v) is 5.18. The van der Waals surface area contributed by atoms with Gasteiger partial charge in [0.1, 0.15) is 5.69 Å². The van der Waals surface area contributed by atoms with E-state index in [-0.39, 0.29) is 17.9 Å². The molecule has 1 aliphatic rings. The topological polar surface area (TPSA) is 80.1 Å². The molecule has 1 unspecified atom stereocenters. The van der Waals surface area contributed by atoms with E-state index in [1.807, 2.05) is 46.8 Å². The minimum Gasteiger partial charge on any atom is -0.348 e. The van der Waals surface area contributed by atoms with Gasteiger partial charge >= 0.3 is 0 Å². The van der Waals surface area contributed by atoms with Crippen LogP contribution < -0.4 is 5.32 Å². The molecule has 2 aromatic heterocycles. The Balaban J connectivity index is 1.50. The van der Waals surface area contributed by atoms with E-state index in [1.165, 1.54) is 11.3 Å². The molecule has 0 bridgehead atoms.